The van der Waals surface area contributed by atoms with Crippen molar-refractivity contribution in [3.63, 3.8) is 0 Å². The Morgan fingerprint density at radius 2 is 1.34 bits per heavy atom. The SMILES string of the molecule is CCCCCCCCCCCCCCCCS(=O)(=O)N/N=c1\cc(-c2ccccc2)n(CCCl)c2ccc(S(=O)(=O)O)cc12. The maximum Gasteiger partial charge on any atom is 0.294 e. The average Bonchev–Trinajstić information content (AvgIpc) is 3.00. The number of fused-ring (bicyclic) bond motifs is 1. The van der Waals surface area contributed by atoms with Crippen molar-refractivity contribution in [2.45, 2.75) is 108 Å². The summed E-state index contributed by atoms with van der Waals surface area (Å²) in [5.74, 6) is 0.245. The maximum absolute atomic E-state index is 12.8. The first-order valence-corrected chi connectivity index (χ1v) is 19.6. The topological polar surface area (TPSA) is 118 Å². The lowest BCUT2D eigenvalue weighted by molar-refractivity contribution is 0.483. The minimum Gasteiger partial charge on any atom is -0.339 e. The van der Waals surface area contributed by atoms with Crippen LogP contribution in [-0.2, 0) is 26.7 Å². The Bertz CT molecular complexity index is 1590. The molecule has 0 unspecified atom stereocenters. The quantitative estimate of drug-likeness (QED) is 0.0517. The van der Waals surface area contributed by atoms with Crippen molar-refractivity contribution in [2.24, 2.45) is 5.10 Å². The molecule has 0 fully saturated rings. The fourth-order valence-corrected chi connectivity index (χ4v) is 7.04. The van der Waals surface area contributed by atoms with Gasteiger partial charge in [-0.1, -0.05) is 121 Å². The van der Waals surface area contributed by atoms with E-state index < -0.39 is 20.1 Å². The average molecular weight is 666 g/mol. The highest BCUT2D eigenvalue weighted by Gasteiger charge is 2.16. The second-order valence-corrected chi connectivity index (χ2v) is 15.0. The third kappa shape index (κ3) is 11.8. The molecule has 0 saturated carbocycles. The van der Waals surface area contributed by atoms with Crippen molar-refractivity contribution in [3.8, 4) is 11.3 Å². The lowest BCUT2D eigenvalue weighted by Gasteiger charge is -2.17. The van der Waals surface area contributed by atoms with Crippen molar-refractivity contribution in [1.29, 1.82) is 0 Å². The van der Waals surface area contributed by atoms with Gasteiger partial charge in [0.05, 0.1) is 27.2 Å². The Kier molecular flexibility index (Phi) is 15.2. The molecule has 0 aliphatic heterocycles. The minimum atomic E-state index is -4.49. The molecular formula is C33H48ClN3O5S2. The number of nitrogens with zero attached hydrogens (tertiary/aromatic N) is 2. The van der Waals surface area contributed by atoms with Gasteiger partial charge in [0, 0.05) is 17.8 Å². The fourth-order valence-electron chi connectivity index (χ4n) is 5.45. The van der Waals surface area contributed by atoms with Gasteiger partial charge in [0.15, 0.2) is 0 Å². The van der Waals surface area contributed by atoms with E-state index in [1.807, 2.05) is 34.9 Å². The van der Waals surface area contributed by atoms with Crippen molar-refractivity contribution < 1.29 is 21.4 Å². The zero-order chi connectivity index (χ0) is 31.8. The predicted molar refractivity (Wildman–Crippen MR) is 181 cm³/mol. The number of aryl methyl sites for hydroxylation is 1. The van der Waals surface area contributed by atoms with Crippen LogP contribution in [0.5, 0.6) is 0 Å². The van der Waals surface area contributed by atoms with E-state index in [1.54, 1.807) is 12.1 Å². The van der Waals surface area contributed by atoms with Crippen molar-refractivity contribution in [1.82, 2.24) is 9.40 Å². The van der Waals surface area contributed by atoms with Crippen LogP contribution in [0.2, 0.25) is 0 Å². The molecule has 0 saturated heterocycles. The van der Waals surface area contributed by atoms with E-state index >= 15 is 0 Å². The van der Waals surface area contributed by atoms with Crippen LogP contribution in [0.4, 0.5) is 0 Å². The molecule has 8 nitrogen and oxygen atoms in total. The molecule has 11 heteroatoms. The van der Waals surface area contributed by atoms with E-state index in [0.29, 0.717) is 29.7 Å². The Labute approximate surface area is 268 Å². The molecule has 0 bridgehead atoms. The summed E-state index contributed by atoms with van der Waals surface area (Å²) in [6, 6.07) is 15.4. The number of hydrogen-bond donors (Lipinski definition) is 2. The summed E-state index contributed by atoms with van der Waals surface area (Å²) in [6.45, 7) is 2.66. The van der Waals surface area contributed by atoms with Crippen LogP contribution >= 0.6 is 11.6 Å². The number of unbranched alkanes of at least 4 members (excludes halogenated alkanes) is 13. The predicted octanol–water partition coefficient (Wildman–Crippen LogP) is 8.01. The fraction of sp³-hybridized carbons (Fsp3) is 0.545. The summed E-state index contributed by atoms with van der Waals surface area (Å²) in [5, 5.41) is 4.84. The van der Waals surface area contributed by atoms with Gasteiger partial charge in [-0.2, -0.15) is 13.5 Å². The van der Waals surface area contributed by atoms with E-state index in [4.69, 9.17) is 11.6 Å². The van der Waals surface area contributed by atoms with Gasteiger partial charge in [-0.15, -0.1) is 11.6 Å². The standard InChI is InChI=1S/C33H48ClN3O5S2/c1-2-3-4-5-6-7-8-9-10-11-12-13-14-18-25-43(38,39)36-35-31-27-33(28-19-16-15-17-20-28)37(24-23-34)32-22-21-29(26-30(31)32)44(40,41)42/h15-17,19-22,26-27,36H,2-14,18,23-25H2,1H3,(H,40,41,42)/b35-31+. The van der Waals surface area contributed by atoms with E-state index in [2.05, 4.69) is 16.9 Å². The van der Waals surface area contributed by atoms with Gasteiger partial charge in [-0.05, 0) is 36.2 Å². The first-order valence-electron chi connectivity index (χ1n) is 16.0. The van der Waals surface area contributed by atoms with Gasteiger partial charge < -0.3 is 4.57 Å². The molecule has 0 aliphatic carbocycles. The van der Waals surface area contributed by atoms with E-state index in [9.17, 15) is 21.4 Å². The Hall–Kier alpha value is -2.40. The van der Waals surface area contributed by atoms with Crippen LogP contribution in [0.3, 0.4) is 0 Å². The molecule has 1 aromatic heterocycles. The first kappa shape index (κ1) is 36.1. The maximum atomic E-state index is 12.8. The lowest BCUT2D eigenvalue weighted by Crippen LogP contribution is -2.25. The molecule has 0 amide bonds. The van der Waals surface area contributed by atoms with Gasteiger partial charge >= 0.3 is 0 Å². The van der Waals surface area contributed by atoms with Gasteiger partial charge in [0.25, 0.3) is 10.1 Å². The number of sulfonamides is 1. The molecule has 0 radical (unpaired) electrons. The third-order valence-electron chi connectivity index (χ3n) is 7.85. The first-order chi connectivity index (χ1) is 21.2. The highest BCUT2D eigenvalue weighted by Crippen LogP contribution is 2.25. The number of aromatic nitrogens is 1. The molecule has 2 aromatic carbocycles. The van der Waals surface area contributed by atoms with E-state index in [0.717, 1.165) is 30.5 Å². The number of alkyl halides is 1. The highest BCUT2D eigenvalue weighted by atomic mass is 35.5. The molecule has 3 aromatic rings. The number of benzene rings is 2. The normalized spacial score (nSPS) is 12.7. The lowest BCUT2D eigenvalue weighted by atomic mass is 10.0. The largest absolute Gasteiger partial charge is 0.339 e. The zero-order valence-electron chi connectivity index (χ0n) is 25.9. The molecule has 1 heterocycles. The van der Waals surface area contributed by atoms with Crippen LogP contribution < -0.4 is 10.2 Å². The zero-order valence-corrected chi connectivity index (χ0v) is 28.3. The number of nitrogens with one attached hydrogen (secondary N) is 1. The number of pyridine rings is 1. The highest BCUT2D eigenvalue weighted by molar-refractivity contribution is 7.89. The molecule has 244 valence electrons. The van der Waals surface area contributed by atoms with Gasteiger partial charge in [0.1, 0.15) is 0 Å². The molecule has 0 atom stereocenters. The number of hydrogen-bond acceptors (Lipinski definition) is 5. The smallest absolute Gasteiger partial charge is 0.294 e. The monoisotopic (exact) mass is 665 g/mol. The van der Waals surface area contributed by atoms with Crippen molar-refractivity contribution in [2.75, 3.05) is 11.6 Å². The number of halogens is 1. The van der Waals surface area contributed by atoms with E-state index in [-0.39, 0.29) is 16.0 Å². The van der Waals surface area contributed by atoms with Gasteiger partial charge in [-0.25, -0.2) is 13.2 Å². The Morgan fingerprint density at radius 1 is 0.773 bits per heavy atom. The van der Waals surface area contributed by atoms with Crippen molar-refractivity contribution in [3.05, 3.63) is 60.0 Å². The summed E-state index contributed by atoms with van der Waals surface area (Å²) in [6.07, 6.45) is 16.6. The Morgan fingerprint density at radius 3 is 1.89 bits per heavy atom. The van der Waals surface area contributed by atoms with E-state index in [1.165, 1.54) is 76.3 Å². The summed E-state index contributed by atoms with van der Waals surface area (Å²) in [7, 11) is -8.20. The second kappa shape index (κ2) is 18.5. The van der Waals surface area contributed by atoms with Crippen LogP contribution in [0.1, 0.15) is 96.8 Å². The van der Waals surface area contributed by atoms with Crippen LogP contribution in [0.15, 0.2) is 64.6 Å². The summed E-state index contributed by atoms with van der Waals surface area (Å²) in [5.41, 5.74) is 2.20. The second-order valence-electron chi connectivity index (χ2n) is 11.4. The molecular weight excluding hydrogens is 618 g/mol. The summed E-state index contributed by atoms with van der Waals surface area (Å²) in [4.78, 5) is 2.04. The molecule has 2 N–H and O–H groups in total. The van der Waals surface area contributed by atoms with Gasteiger partial charge in [-0.3, -0.25) is 4.55 Å². The summed E-state index contributed by atoms with van der Waals surface area (Å²) >= 11 is 6.12. The minimum absolute atomic E-state index is 0.0483. The summed E-state index contributed by atoms with van der Waals surface area (Å²) < 4.78 is 61.1. The molecule has 3 rings (SSSR count). The van der Waals surface area contributed by atoms with Crippen LogP contribution in [-0.4, -0.2) is 37.6 Å². The number of rotatable bonds is 21. The van der Waals surface area contributed by atoms with Crippen LogP contribution in [0, 0.1) is 0 Å². The third-order valence-corrected chi connectivity index (χ3v) is 10.1. The Balaban J connectivity index is 1.63. The molecule has 0 spiro atoms. The molecule has 0 aliphatic rings. The van der Waals surface area contributed by atoms with Crippen LogP contribution in [0.25, 0.3) is 22.2 Å². The van der Waals surface area contributed by atoms with Crippen molar-refractivity contribution >= 4 is 42.6 Å². The van der Waals surface area contributed by atoms with Gasteiger partial charge in [0.2, 0.25) is 10.0 Å². The molecule has 44 heavy (non-hydrogen) atoms.